The Labute approximate surface area is 213 Å². The lowest BCUT2D eigenvalue weighted by Crippen LogP contribution is -2.32. The van der Waals surface area contributed by atoms with E-state index in [2.05, 4.69) is 50.1 Å². The van der Waals surface area contributed by atoms with E-state index in [4.69, 9.17) is 9.72 Å². The van der Waals surface area contributed by atoms with Gasteiger partial charge in [-0.2, -0.15) is 4.98 Å². The number of nitrogens with one attached hydrogen (secondary N) is 1. The quantitative estimate of drug-likeness (QED) is 0.328. The maximum absolute atomic E-state index is 5.90. The van der Waals surface area contributed by atoms with Gasteiger partial charge in [-0.1, -0.05) is 12.1 Å². The maximum atomic E-state index is 5.90. The summed E-state index contributed by atoms with van der Waals surface area (Å²) in [7, 11) is 0. The Kier molecular flexibility index (Phi) is 6.36. The molecule has 1 unspecified atom stereocenters. The number of aromatic nitrogens is 3. The van der Waals surface area contributed by atoms with Crippen LogP contribution in [0.4, 0.5) is 11.6 Å². The van der Waals surface area contributed by atoms with E-state index in [1.54, 1.807) is 0 Å². The first-order valence-corrected chi connectivity index (χ1v) is 13.4. The Morgan fingerprint density at radius 1 is 0.972 bits per heavy atom. The van der Waals surface area contributed by atoms with E-state index in [1.807, 2.05) is 44.4 Å². The molecule has 1 aliphatic carbocycles. The molecule has 1 atom stereocenters. The van der Waals surface area contributed by atoms with Gasteiger partial charge in [-0.25, -0.2) is 4.98 Å². The van der Waals surface area contributed by atoms with Gasteiger partial charge < -0.3 is 19.5 Å². The number of aryl methyl sites for hydroxylation is 2. The van der Waals surface area contributed by atoms with Crippen molar-refractivity contribution in [2.75, 3.05) is 18.4 Å². The van der Waals surface area contributed by atoms with Crippen LogP contribution in [0, 0.1) is 0 Å². The first-order valence-electron chi connectivity index (χ1n) is 13.4. The first-order chi connectivity index (χ1) is 17.6. The summed E-state index contributed by atoms with van der Waals surface area (Å²) >= 11 is 0. The van der Waals surface area contributed by atoms with Gasteiger partial charge in [-0.05, 0) is 107 Å². The average molecular weight is 482 g/mol. The molecule has 0 amide bonds. The normalized spacial score (nSPS) is 18.4. The molecular weight excluding hydrogens is 446 g/mol. The molecule has 2 aromatic heterocycles. The van der Waals surface area contributed by atoms with E-state index in [1.165, 1.54) is 56.3 Å². The minimum atomic E-state index is 0.131. The SMILES string of the molecule is CC(C)Oc1cccc(-n2ccc3cnc(Nc4ccc5c(c4)CCC(N4CCCC4)CC5)nc32)c1. The van der Waals surface area contributed by atoms with Crippen LogP contribution >= 0.6 is 0 Å². The number of hydrogen-bond donors (Lipinski definition) is 1. The predicted molar refractivity (Wildman–Crippen MR) is 146 cm³/mol. The van der Waals surface area contributed by atoms with Gasteiger partial charge in [0.15, 0.2) is 0 Å². The molecule has 186 valence electrons. The van der Waals surface area contributed by atoms with E-state index in [0.29, 0.717) is 5.95 Å². The standard InChI is InChI=1S/C30H35N5O/c1-21(2)36-28-7-5-6-27(19-28)35-17-14-24-20-31-30(33-29(24)35)32-25-11-8-22-9-12-26(13-10-23(22)18-25)34-15-3-4-16-34/h5-8,11,14,17-21,26H,3-4,9-10,12-13,15-16H2,1-2H3,(H,31,32,33). The molecule has 0 bridgehead atoms. The Balaban J connectivity index is 1.22. The van der Waals surface area contributed by atoms with Crippen molar-refractivity contribution in [3.05, 3.63) is 72.1 Å². The van der Waals surface area contributed by atoms with Gasteiger partial charge in [0.25, 0.3) is 0 Å². The zero-order chi connectivity index (χ0) is 24.5. The lowest BCUT2D eigenvalue weighted by atomic mass is 10.0. The van der Waals surface area contributed by atoms with Crippen LogP contribution in [0.15, 0.2) is 60.9 Å². The molecule has 1 N–H and O–H groups in total. The molecule has 4 aromatic rings. The predicted octanol–water partition coefficient (Wildman–Crippen LogP) is 6.29. The maximum Gasteiger partial charge on any atom is 0.229 e. The smallest absolute Gasteiger partial charge is 0.229 e. The monoisotopic (exact) mass is 481 g/mol. The molecule has 2 aromatic carbocycles. The van der Waals surface area contributed by atoms with Crippen molar-refractivity contribution < 1.29 is 4.74 Å². The summed E-state index contributed by atoms with van der Waals surface area (Å²) in [5.41, 5.74) is 5.91. The fraction of sp³-hybridized carbons (Fsp3) is 0.400. The highest BCUT2D eigenvalue weighted by Gasteiger charge is 2.24. The number of benzene rings is 2. The lowest BCUT2D eigenvalue weighted by molar-refractivity contribution is 0.222. The van der Waals surface area contributed by atoms with Crippen LogP contribution in [0.3, 0.4) is 0 Å². The third kappa shape index (κ3) is 4.82. The highest BCUT2D eigenvalue weighted by molar-refractivity contribution is 5.79. The third-order valence-electron chi connectivity index (χ3n) is 7.51. The summed E-state index contributed by atoms with van der Waals surface area (Å²) in [4.78, 5) is 12.2. The number of hydrogen-bond acceptors (Lipinski definition) is 5. The summed E-state index contributed by atoms with van der Waals surface area (Å²) in [6, 6.07) is 17.7. The summed E-state index contributed by atoms with van der Waals surface area (Å²) in [5, 5.41) is 4.47. The second-order valence-electron chi connectivity index (χ2n) is 10.4. The van der Waals surface area contributed by atoms with E-state index < -0.39 is 0 Å². The van der Waals surface area contributed by atoms with Crippen LogP contribution in [0.5, 0.6) is 5.75 Å². The lowest BCUT2D eigenvalue weighted by Gasteiger charge is -2.25. The van der Waals surface area contributed by atoms with E-state index in [9.17, 15) is 0 Å². The van der Waals surface area contributed by atoms with Crippen molar-refractivity contribution in [1.29, 1.82) is 0 Å². The van der Waals surface area contributed by atoms with E-state index in [0.717, 1.165) is 40.6 Å². The van der Waals surface area contributed by atoms with Gasteiger partial charge in [0.05, 0.1) is 11.8 Å². The average Bonchev–Trinajstić information content (AvgIpc) is 3.50. The third-order valence-corrected chi connectivity index (χ3v) is 7.51. The van der Waals surface area contributed by atoms with Crippen LogP contribution in [-0.4, -0.2) is 44.7 Å². The van der Waals surface area contributed by atoms with Gasteiger partial charge in [0.1, 0.15) is 11.4 Å². The summed E-state index contributed by atoms with van der Waals surface area (Å²) in [6.45, 7) is 6.64. The zero-order valence-electron chi connectivity index (χ0n) is 21.3. The number of likely N-dealkylation sites (tertiary alicyclic amines) is 1. The molecule has 3 heterocycles. The van der Waals surface area contributed by atoms with Crippen LogP contribution in [-0.2, 0) is 12.8 Å². The van der Waals surface area contributed by atoms with Crippen molar-refractivity contribution in [3.63, 3.8) is 0 Å². The number of nitrogens with zero attached hydrogens (tertiary/aromatic N) is 4. The van der Waals surface area contributed by atoms with Gasteiger partial charge in [-0.15, -0.1) is 0 Å². The minimum absolute atomic E-state index is 0.131. The molecule has 1 aliphatic heterocycles. The molecule has 6 nitrogen and oxygen atoms in total. The largest absolute Gasteiger partial charge is 0.491 e. The Morgan fingerprint density at radius 3 is 2.64 bits per heavy atom. The van der Waals surface area contributed by atoms with Crippen molar-refractivity contribution >= 4 is 22.7 Å². The van der Waals surface area contributed by atoms with Crippen molar-refractivity contribution in [2.24, 2.45) is 0 Å². The first kappa shape index (κ1) is 23.0. The molecule has 6 heteroatoms. The molecule has 1 saturated heterocycles. The fourth-order valence-electron chi connectivity index (χ4n) is 5.74. The van der Waals surface area contributed by atoms with Crippen LogP contribution in [0.1, 0.15) is 50.7 Å². The van der Waals surface area contributed by atoms with Gasteiger partial charge in [-0.3, -0.25) is 0 Å². The molecule has 6 rings (SSSR count). The van der Waals surface area contributed by atoms with E-state index >= 15 is 0 Å². The van der Waals surface area contributed by atoms with E-state index in [-0.39, 0.29) is 6.10 Å². The van der Waals surface area contributed by atoms with Crippen molar-refractivity contribution in [1.82, 2.24) is 19.4 Å². The molecule has 2 aliphatic rings. The molecule has 0 radical (unpaired) electrons. The van der Waals surface area contributed by atoms with Gasteiger partial charge in [0, 0.05) is 35.6 Å². The number of ether oxygens (including phenoxy) is 1. The van der Waals surface area contributed by atoms with Crippen molar-refractivity contribution in [3.8, 4) is 11.4 Å². The number of anilines is 2. The van der Waals surface area contributed by atoms with Crippen LogP contribution in [0.25, 0.3) is 16.7 Å². The molecule has 0 saturated carbocycles. The Bertz CT molecular complexity index is 1350. The highest BCUT2D eigenvalue weighted by atomic mass is 16.5. The fourth-order valence-corrected chi connectivity index (χ4v) is 5.74. The zero-order valence-corrected chi connectivity index (χ0v) is 21.3. The minimum Gasteiger partial charge on any atom is -0.491 e. The van der Waals surface area contributed by atoms with Gasteiger partial charge in [0.2, 0.25) is 5.95 Å². The number of fused-ring (bicyclic) bond motifs is 2. The highest BCUT2D eigenvalue weighted by Crippen LogP contribution is 2.29. The summed E-state index contributed by atoms with van der Waals surface area (Å²) in [6.07, 6.45) is 11.6. The summed E-state index contributed by atoms with van der Waals surface area (Å²) < 4.78 is 7.98. The number of rotatable bonds is 6. The summed E-state index contributed by atoms with van der Waals surface area (Å²) in [5.74, 6) is 1.47. The van der Waals surface area contributed by atoms with Crippen LogP contribution < -0.4 is 10.1 Å². The van der Waals surface area contributed by atoms with Gasteiger partial charge >= 0.3 is 0 Å². The molecular formula is C30H35N5O. The topological polar surface area (TPSA) is 55.2 Å². The molecule has 1 fully saturated rings. The van der Waals surface area contributed by atoms with Crippen molar-refractivity contribution in [2.45, 2.75) is 64.5 Å². The Hall–Kier alpha value is -3.38. The molecule has 36 heavy (non-hydrogen) atoms. The second-order valence-corrected chi connectivity index (χ2v) is 10.4. The Morgan fingerprint density at radius 2 is 1.81 bits per heavy atom. The van der Waals surface area contributed by atoms with Crippen LogP contribution in [0.2, 0.25) is 0 Å². The molecule has 0 spiro atoms. The second kappa shape index (κ2) is 9.94.